The molecule has 7 nitrogen and oxygen atoms in total. The number of hydrogen-bond donors (Lipinski definition) is 2. The lowest BCUT2D eigenvalue weighted by Crippen LogP contribution is -2.36. The third-order valence-corrected chi connectivity index (χ3v) is 4.56. The Morgan fingerprint density at radius 3 is 2.55 bits per heavy atom. The highest BCUT2D eigenvalue weighted by molar-refractivity contribution is 5.86. The summed E-state index contributed by atoms with van der Waals surface area (Å²) in [5.74, 6) is -1.33. The zero-order valence-electron chi connectivity index (χ0n) is 16.1. The van der Waals surface area contributed by atoms with Crippen LogP contribution in [0, 0.1) is 6.92 Å². The molecule has 0 aliphatic rings. The molecular formula is C22H21NO6. The number of ether oxygens (including phenoxy) is 1. The van der Waals surface area contributed by atoms with E-state index < -0.39 is 23.5 Å². The molecule has 1 atom stereocenters. The summed E-state index contributed by atoms with van der Waals surface area (Å²) in [4.78, 5) is 35.5. The summed E-state index contributed by atoms with van der Waals surface area (Å²) in [6.07, 6.45) is 0.646. The molecule has 1 amide bonds. The van der Waals surface area contributed by atoms with Gasteiger partial charge in [0.05, 0.1) is 0 Å². The van der Waals surface area contributed by atoms with Gasteiger partial charge in [0.1, 0.15) is 11.3 Å². The maximum atomic E-state index is 12.3. The van der Waals surface area contributed by atoms with Crippen molar-refractivity contribution < 1.29 is 23.8 Å². The number of carboxylic acid groups (broad SMARTS) is 1. The number of hydrogen-bond acceptors (Lipinski definition) is 5. The van der Waals surface area contributed by atoms with Crippen molar-refractivity contribution in [3.63, 3.8) is 0 Å². The number of fused-ring (bicyclic) bond motifs is 1. The quantitative estimate of drug-likeness (QED) is 0.596. The van der Waals surface area contributed by atoms with Gasteiger partial charge in [-0.25, -0.2) is 9.59 Å². The molecule has 7 heteroatoms. The zero-order valence-corrected chi connectivity index (χ0v) is 16.1. The molecule has 0 radical (unpaired) electrons. The van der Waals surface area contributed by atoms with Crippen molar-refractivity contribution in [3.8, 4) is 5.75 Å². The summed E-state index contributed by atoms with van der Waals surface area (Å²) in [6.45, 7) is 3.39. The molecule has 0 aliphatic carbocycles. The fourth-order valence-corrected chi connectivity index (χ4v) is 3.08. The first-order chi connectivity index (χ1) is 13.9. The van der Waals surface area contributed by atoms with Crippen LogP contribution in [0.4, 0.5) is 0 Å². The molecule has 0 fully saturated rings. The van der Waals surface area contributed by atoms with E-state index in [0.717, 1.165) is 16.5 Å². The Hall–Kier alpha value is -3.61. The molecule has 29 heavy (non-hydrogen) atoms. The summed E-state index contributed by atoms with van der Waals surface area (Å²) in [7, 11) is 0. The van der Waals surface area contributed by atoms with E-state index >= 15 is 0 Å². The first kappa shape index (κ1) is 20.1. The highest BCUT2D eigenvalue weighted by Crippen LogP contribution is 2.27. The summed E-state index contributed by atoms with van der Waals surface area (Å²) >= 11 is 0. The second-order valence-electron chi connectivity index (χ2n) is 6.60. The molecular weight excluding hydrogens is 374 g/mol. The molecule has 1 aromatic heterocycles. The van der Waals surface area contributed by atoms with Gasteiger partial charge < -0.3 is 19.6 Å². The molecule has 1 unspecified atom stereocenters. The Morgan fingerprint density at radius 1 is 1.17 bits per heavy atom. The van der Waals surface area contributed by atoms with E-state index in [1.807, 2.05) is 19.9 Å². The fraction of sp³-hybridized carbons (Fsp3) is 0.227. The maximum Gasteiger partial charge on any atom is 0.336 e. The topological polar surface area (TPSA) is 106 Å². The van der Waals surface area contributed by atoms with Crippen LogP contribution in [-0.2, 0) is 16.0 Å². The van der Waals surface area contributed by atoms with Crippen LogP contribution in [0.15, 0.2) is 57.7 Å². The summed E-state index contributed by atoms with van der Waals surface area (Å²) in [5.41, 5.74) is 2.01. The predicted molar refractivity (Wildman–Crippen MR) is 107 cm³/mol. The lowest BCUT2D eigenvalue weighted by molar-refractivity contribution is -0.142. The van der Waals surface area contributed by atoms with Crippen molar-refractivity contribution in [2.45, 2.75) is 26.3 Å². The van der Waals surface area contributed by atoms with E-state index in [9.17, 15) is 19.5 Å². The van der Waals surface area contributed by atoms with Crippen LogP contribution in [0.3, 0.4) is 0 Å². The molecule has 1 heterocycles. The van der Waals surface area contributed by atoms with Gasteiger partial charge in [0, 0.05) is 17.5 Å². The van der Waals surface area contributed by atoms with Gasteiger partial charge in [-0.3, -0.25) is 4.79 Å². The number of nitrogens with one attached hydrogen (secondary N) is 1. The molecule has 0 aliphatic heterocycles. The second kappa shape index (κ2) is 8.60. The monoisotopic (exact) mass is 395 g/mol. The van der Waals surface area contributed by atoms with Gasteiger partial charge in [0.25, 0.3) is 5.91 Å². The Morgan fingerprint density at radius 2 is 1.90 bits per heavy atom. The first-order valence-corrected chi connectivity index (χ1v) is 9.16. The number of aryl methyl sites for hydroxylation is 2. The van der Waals surface area contributed by atoms with Crippen molar-refractivity contribution in [1.29, 1.82) is 0 Å². The average molecular weight is 395 g/mol. The van der Waals surface area contributed by atoms with Gasteiger partial charge in [-0.15, -0.1) is 0 Å². The normalized spacial score (nSPS) is 11.8. The molecule has 0 saturated carbocycles. The van der Waals surface area contributed by atoms with Crippen LogP contribution >= 0.6 is 0 Å². The Balaban J connectivity index is 1.78. The molecule has 0 spiro atoms. The molecule has 3 rings (SSSR count). The number of aliphatic carboxylic acids is 1. The van der Waals surface area contributed by atoms with Crippen molar-refractivity contribution in [1.82, 2.24) is 5.32 Å². The van der Waals surface area contributed by atoms with E-state index in [1.54, 1.807) is 36.4 Å². The summed E-state index contributed by atoms with van der Waals surface area (Å²) in [6, 6.07) is 12.1. The number of carbonyl (C=O) groups excluding carboxylic acids is 1. The van der Waals surface area contributed by atoms with Crippen LogP contribution in [0.25, 0.3) is 11.0 Å². The number of benzene rings is 2. The molecule has 2 N–H and O–H groups in total. The lowest BCUT2D eigenvalue weighted by Gasteiger charge is -2.16. The fourth-order valence-electron chi connectivity index (χ4n) is 3.08. The third-order valence-electron chi connectivity index (χ3n) is 4.56. The minimum absolute atomic E-state index is 0.370. The van der Waals surface area contributed by atoms with E-state index in [-0.39, 0.29) is 6.61 Å². The first-order valence-electron chi connectivity index (χ1n) is 9.16. The van der Waals surface area contributed by atoms with Crippen LogP contribution < -0.4 is 15.7 Å². The molecule has 0 bridgehead atoms. The maximum absolute atomic E-state index is 12.3. The lowest BCUT2D eigenvalue weighted by atomic mass is 10.1. The van der Waals surface area contributed by atoms with E-state index in [4.69, 9.17) is 9.15 Å². The van der Waals surface area contributed by atoms with Gasteiger partial charge in [-0.1, -0.05) is 37.3 Å². The molecule has 0 saturated heterocycles. The molecule has 3 aromatic rings. The Labute approximate surface area is 166 Å². The van der Waals surface area contributed by atoms with Gasteiger partial charge in [-0.05, 0) is 36.1 Å². The number of rotatable bonds is 7. The SMILES string of the molecule is CCc1cc2c(C)cc(=O)oc2cc1OCC(=O)NC(C(=O)O)c1ccccc1. The summed E-state index contributed by atoms with van der Waals surface area (Å²) < 4.78 is 10.9. The van der Waals surface area contributed by atoms with Crippen molar-refractivity contribution in [2.24, 2.45) is 0 Å². The minimum atomic E-state index is -1.17. The predicted octanol–water partition coefficient (Wildman–Crippen LogP) is 2.98. The molecule has 150 valence electrons. The van der Waals surface area contributed by atoms with Crippen molar-refractivity contribution in [3.05, 3.63) is 75.6 Å². The average Bonchev–Trinajstić information content (AvgIpc) is 2.70. The zero-order chi connectivity index (χ0) is 21.0. The van der Waals surface area contributed by atoms with E-state index in [1.165, 1.54) is 6.07 Å². The highest BCUT2D eigenvalue weighted by Gasteiger charge is 2.22. The Kier molecular flexibility index (Phi) is 5.97. The smallest absolute Gasteiger partial charge is 0.336 e. The van der Waals surface area contributed by atoms with E-state index in [0.29, 0.717) is 23.3 Å². The van der Waals surface area contributed by atoms with Gasteiger partial charge in [0.15, 0.2) is 12.6 Å². The van der Waals surface area contributed by atoms with Crippen LogP contribution in [0.2, 0.25) is 0 Å². The van der Waals surface area contributed by atoms with Crippen LogP contribution in [0.1, 0.15) is 29.7 Å². The van der Waals surface area contributed by atoms with Crippen molar-refractivity contribution >= 4 is 22.8 Å². The van der Waals surface area contributed by atoms with Crippen molar-refractivity contribution in [2.75, 3.05) is 6.61 Å². The number of amides is 1. The van der Waals surface area contributed by atoms with Crippen LogP contribution in [0.5, 0.6) is 5.75 Å². The largest absolute Gasteiger partial charge is 0.483 e. The van der Waals surface area contributed by atoms with Gasteiger partial charge in [0.2, 0.25) is 0 Å². The standard InChI is InChI=1S/C22H21NO6/c1-3-14-10-16-13(2)9-20(25)29-18(16)11-17(14)28-12-19(24)23-21(22(26)27)15-7-5-4-6-8-15/h4-11,21H,3,12H2,1-2H3,(H,23,24)(H,26,27). The number of carboxylic acids is 1. The number of carbonyl (C=O) groups is 2. The Bertz CT molecular complexity index is 1100. The van der Waals surface area contributed by atoms with E-state index in [2.05, 4.69) is 5.32 Å². The third kappa shape index (κ3) is 4.63. The van der Waals surface area contributed by atoms with Gasteiger partial charge in [-0.2, -0.15) is 0 Å². The molecule has 2 aromatic carbocycles. The van der Waals surface area contributed by atoms with Crippen LogP contribution in [-0.4, -0.2) is 23.6 Å². The van der Waals surface area contributed by atoms with Gasteiger partial charge >= 0.3 is 11.6 Å². The second-order valence-corrected chi connectivity index (χ2v) is 6.60. The minimum Gasteiger partial charge on any atom is -0.483 e. The summed E-state index contributed by atoms with van der Waals surface area (Å²) in [5, 5.41) is 12.7. The highest BCUT2D eigenvalue weighted by atomic mass is 16.5.